The van der Waals surface area contributed by atoms with Crippen LogP contribution < -0.4 is 0 Å². The summed E-state index contributed by atoms with van der Waals surface area (Å²) in [6.45, 7) is 1.98. The minimum absolute atomic E-state index is 0.757. The van der Waals surface area contributed by atoms with Crippen molar-refractivity contribution in [2.75, 3.05) is 0 Å². The van der Waals surface area contributed by atoms with E-state index in [1.165, 1.54) is 0 Å². The van der Waals surface area contributed by atoms with Crippen LogP contribution in [0.25, 0.3) is 6.08 Å². The lowest BCUT2D eigenvalue weighted by Gasteiger charge is -1.95. The van der Waals surface area contributed by atoms with E-state index in [0.717, 1.165) is 15.1 Å². The van der Waals surface area contributed by atoms with Gasteiger partial charge in [0.25, 0.3) is 0 Å². The van der Waals surface area contributed by atoms with Gasteiger partial charge in [0.15, 0.2) is 0 Å². The molecule has 58 valence electrons. The van der Waals surface area contributed by atoms with Gasteiger partial charge in [0.05, 0.1) is 0 Å². The SMILES string of the molecule is CC=Cc1cc(Cl)cc(Br)c1. The summed E-state index contributed by atoms with van der Waals surface area (Å²) in [5.41, 5.74) is 1.12. The molecule has 0 heterocycles. The molecule has 0 N–H and O–H groups in total. The van der Waals surface area contributed by atoms with Gasteiger partial charge in [0.1, 0.15) is 0 Å². The van der Waals surface area contributed by atoms with E-state index in [-0.39, 0.29) is 0 Å². The second-order valence-corrected chi connectivity index (χ2v) is 3.55. The first-order valence-corrected chi connectivity index (χ1v) is 4.48. The highest BCUT2D eigenvalue weighted by Crippen LogP contribution is 2.20. The van der Waals surface area contributed by atoms with Gasteiger partial charge in [-0.05, 0) is 30.7 Å². The zero-order valence-corrected chi connectivity index (χ0v) is 8.48. The lowest BCUT2D eigenvalue weighted by Crippen LogP contribution is -1.72. The van der Waals surface area contributed by atoms with Crippen molar-refractivity contribution >= 4 is 33.6 Å². The maximum absolute atomic E-state index is 5.82. The molecule has 0 fully saturated rings. The molecule has 0 unspecified atom stereocenters. The largest absolute Gasteiger partial charge is 0.0871 e. The van der Waals surface area contributed by atoms with E-state index in [9.17, 15) is 0 Å². The molecule has 0 aliphatic rings. The molecular formula is C9H8BrCl. The van der Waals surface area contributed by atoms with Crippen LogP contribution in [0.5, 0.6) is 0 Å². The molecule has 0 spiro atoms. The van der Waals surface area contributed by atoms with Gasteiger partial charge in [-0.1, -0.05) is 39.7 Å². The van der Waals surface area contributed by atoms with Gasteiger partial charge >= 0.3 is 0 Å². The molecule has 0 nitrogen and oxygen atoms in total. The highest BCUT2D eigenvalue weighted by Gasteiger charge is 1.92. The summed E-state index contributed by atoms with van der Waals surface area (Å²) in [4.78, 5) is 0. The lowest BCUT2D eigenvalue weighted by molar-refractivity contribution is 1.60. The van der Waals surface area contributed by atoms with Crippen LogP contribution >= 0.6 is 27.5 Å². The van der Waals surface area contributed by atoms with Crippen molar-refractivity contribution in [3.8, 4) is 0 Å². The van der Waals surface area contributed by atoms with E-state index >= 15 is 0 Å². The Balaban J connectivity index is 3.08. The molecule has 1 aromatic rings. The van der Waals surface area contributed by atoms with Crippen LogP contribution in [-0.4, -0.2) is 0 Å². The van der Waals surface area contributed by atoms with Gasteiger partial charge < -0.3 is 0 Å². The van der Waals surface area contributed by atoms with Crippen LogP contribution in [0, 0.1) is 0 Å². The minimum Gasteiger partial charge on any atom is -0.0871 e. The maximum Gasteiger partial charge on any atom is 0.0423 e. The Bertz CT molecular complexity index is 259. The molecule has 0 aliphatic heterocycles. The number of halogens is 2. The maximum atomic E-state index is 5.82. The smallest absolute Gasteiger partial charge is 0.0423 e. The summed E-state index contributed by atoms with van der Waals surface area (Å²) in [6.07, 6.45) is 3.99. The third-order valence-electron chi connectivity index (χ3n) is 1.24. The van der Waals surface area contributed by atoms with Crippen LogP contribution in [0.1, 0.15) is 12.5 Å². The van der Waals surface area contributed by atoms with Crippen LogP contribution in [-0.2, 0) is 0 Å². The van der Waals surface area contributed by atoms with Gasteiger partial charge in [-0.3, -0.25) is 0 Å². The van der Waals surface area contributed by atoms with E-state index in [1.54, 1.807) is 0 Å². The summed E-state index contributed by atoms with van der Waals surface area (Å²) in [5.74, 6) is 0. The zero-order chi connectivity index (χ0) is 8.27. The van der Waals surface area contributed by atoms with Crippen molar-refractivity contribution in [3.63, 3.8) is 0 Å². The topological polar surface area (TPSA) is 0 Å². The molecule has 0 atom stereocenters. The quantitative estimate of drug-likeness (QED) is 0.681. The summed E-state index contributed by atoms with van der Waals surface area (Å²) in [6, 6.07) is 5.81. The first-order valence-electron chi connectivity index (χ1n) is 3.31. The fourth-order valence-corrected chi connectivity index (χ4v) is 1.75. The predicted molar refractivity (Wildman–Crippen MR) is 53.9 cm³/mol. The standard InChI is InChI=1S/C9H8BrCl/c1-2-3-7-4-8(10)6-9(11)5-7/h2-6H,1H3. The molecule has 11 heavy (non-hydrogen) atoms. The van der Waals surface area contributed by atoms with Crippen molar-refractivity contribution in [2.24, 2.45) is 0 Å². The van der Waals surface area contributed by atoms with Crippen molar-refractivity contribution in [3.05, 3.63) is 39.3 Å². The van der Waals surface area contributed by atoms with Crippen LogP contribution in [0.4, 0.5) is 0 Å². The van der Waals surface area contributed by atoms with Crippen LogP contribution in [0.15, 0.2) is 28.7 Å². The van der Waals surface area contributed by atoms with Gasteiger partial charge in [-0.15, -0.1) is 0 Å². The van der Waals surface area contributed by atoms with E-state index in [2.05, 4.69) is 15.9 Å². The molecule has 0 saturated carbocycles. The van der Waals surface area contributed by atoms with Crippen molar-refractivity contribution in [2.45, 2.75) is 6.92 Å². The second-order valence-electron chi connectivity index (χ2n) is 2.20. The molecule has 0 amide bonds. The Labute approximate surface area is 80.0 Å². The lowest BCUT2D eigenvalue weighted by atomic mass is 10.2. The highest BCUT2D eigenvalue weighted by atomic mass is 79.9. The number of benzene rings is 1. The van der Waals surface area contributed by atoms with Crippen molar-refractivity contribution in [1.29, 1.82) is 0 Å². The number of rotatable bonds is 1. The minimum atomic E-state index is 0.757. The summed E-state index contributed by atoms with van der Waals surface area (Å²) in [7, 11) is 0. The van der Waals surface area contributed by atoms with E-state index in [0.29, 0.717) is 0 Å². The molecule has 0 aliphatic carbocycles. The average Bonchev–Trinajstić information content (AvgIpc) is 1.85. The van der Waals surface area contributed by atoms with Crippen molar-refractivity contribution < 1.29 is 0 Å². The second kappa shape index (κ2) is 3.93. The normalized spacial score (nSPS) is 10.8. The van der Waals surface area contributed by atoms with Gasteiger partial charge in [-0.25, -0.2) is 0 Å². The van der Waals surface area contributed by atoms with Gasteiger partial charge in [-0.2, -0.15) is 0 Å². The zero-order valence-electron chi connectivity index (χ0n) is 6.14. The molecule has 0 radical (unpaired) electrons. The third kappa shape index (κ3) is 2.68. The summed E-state index contributed by atoms with van der Waals surface area (Å²) in [5, 5.41) is 0.757. The third-order valence-corrected chi connectivity index (χ3v) is 1.92. The van der Waals surface area contributed by atoms with E-state index in [1.807, 2.05) is 37.3 Å². The fraction of sp³-hybridized carbons (Fsp3) is 0.111. The fourth-order valence-electron chi connectivity index (χ4n) is 0.864. The number of hydrogen-bond acceptors (Lipinski definition) is 0. The molecular weight excluding hydrogens is 223 g/mol. The average molecular weight is 232 g/mol. The first kappa shape index (κ1) is 8.82. The molecule has 1 rings (SSSR count). The van der Waals surface area contributed by atoms with E-state index in [4.69, 9.17) is 11.6 Å². The monoisotopic (exact) mass is 230 g/mol. The molecule has 0 bridgehead atoms. The Morgan fingerprint density at radius 2 is 2.09 bits per heavy atom. The molecule has 0 aromatic heterocycles. The molecule has 0 saturated heterocycles. The Kier molecular flexibility index (Phi) is 3.16. The first-order chi connectivity index (χ1) is 5.22. The van der Waals surface area contributed by atoms with Crippen LogP contribution in [0.2, 0.25) is 5.02 Å². The van der Waals surface area contributed by atoms with Crippen molar-refractivity contribution in [1.82, 2.24) is 0 Å². The number of hydrogen-bond donors (Lipinski definition) is 0. The Hall–Kier alpha value is -0.270. The summed E-state index contributed by atoms with van der Waals surface area (Å²) >= 11 is 9.19. The number of allylic oxidation sites excluding steroid dienone is 1. The molecule has 2 heteroatoms. The van der Waals surface area contributed by atoms with Gasteiger partial charge in [0, 0.05) is 9.50 Å². The highest BCUT2D eigenvalue weighted by molar-refractivity contribution is 9.10. The Morgan fingerprint density at radius 1 is 1.36 bits per heavy atom. The van der Waals surface area contributed by atoms with Gasteiger partial charge in [0.2, 0.25) is 0 Å². The predicted octanol–water partition coefficient (Wildman–Crippen LogP) is 4.14. The Morgan fingerprint density at radius 3 is 2.64 bits per heavy atom. The molecule has 1 aromatic carbocycles. The van der Waals surface area contributed by atoms with E-state index < -0.39 is 0 Å². The van der Waals surface area contributed by atoms with Crippen LogP contribution in [0.3, 0.4) is 0 Å². The summed E-state index contributed by atoms with van der Waals surface area (Å²) < 4.78 is 1.01.